The molecule has 0 saturated heterocycles. The van der Waals surface area contributed by atoms with Crippen LogP contribution in [-0.4, -0.2) is 116 Å². The summed E-state index contributed by atoms with van der Waals surface area (Å²) in [7, 11) is -18.2. The number of nitrogens with one attached hydrogen (secondary N) is 1. The third kappa shape index (κ3) is 10.0. The van der Waals surface area contributed by atoms with Gasteiger partial charge in [0.15, 0.2) is 11.4 Å². The minimum Gasteiger partial charge on any atom is -0.744 e. The molecular formula is C34H25N6NaO19S4. The minimum atomic E-state index is -5.26. The van der Waals surface area contributed by atoms with E-state index >= 15 is 0 Å². The molecule has 330 valence electrons. The van der Waals surface area contributed by atoms with Gasteiger partial charge in [-0.25, -0.2) is 8.42 Å². The number of rotatable bonds is 11. The number of nitrogens with zero attached hydrogens (tertiary/aromatic N) is 5. The van der Waals surface area contributed by atoms with Crippen molar-refractivity contribution in [3.05, 3.63) is 98.5 Å². The second-order valence-electron chi connectivity index (χ2n) is 12.6. The number of phenolic OH excluding ortho intramolecular Hbond substituents is 2. The monoisotopic (exact) mass is 972 g/mol. The predicted molar refractivity (Wildman–Crippen MR) is 217 cm³/mol. The van der Waals surface area contributed by atoms with Crippen molar-refractivity contribution < 1.29 is 116 Å². The molecule has 3 aliphatic rings. The number of ether oxygens (including phenoxy) is 2. The Morgan fingerprint density at radius 3 is 1.77 bits per heavy atom. The molecule has 0 radical (unpaired) electrons. The van der Waals surface area contributed by atoms with Gasteiger partial charge in [0.1, 0.15) is 48.6 Å². The number of carbonyl (C=O) groups is 2. The number of fused-ring (bicyclic) bond motifs is 2. The number of carbonyl (C=O) groups excluding carboxylic acids is 2. The topological polar surface area (TPSA) is 398 Å². The van der Waals surface area contributed by atoms with Crippen LogP contribution in [0.5, 0.6) is 17.2 Å². The van der Waals surface area contributed by atoms with Gasteiger partial charge in [-0.05, 0) is 65.8 Å². The number of benzene rings is 3. The van der Waals surface area contributed by atoms with E-state index in [4.69, 9.17) is 9.47 Å². The van der Waals surface area contributed by atoms with Gasteiger partial charge in [-0.1, -0.05) is 0 Å². The SMILES string of the molecule is COC1=CC(=NN(O)c2ccc(NN=C3C(=O)c4c(O)cc(S(=O)(=O)O)cc4C=C3S(=O)(=O)O)c(OC)c2)C=CC1=NN=C1C(=O)c2c(O)cc(S(=O)(=O)[O-])cc2C=C1S(=O)(=O)O.[Na+]. The molecule has 0 aliphatic heterocycles. The zero-order valence-corrected chi connectivity index (χ0v) is 37.6. The second kappa shape index (κ2) is 17.9. The first kappa shape index (κ1) is 49.1. The number of anilines is 2. The molecule has 0 unspecified atom stereocenters. The average Bonchev–Trinajstić information content (AvgIpc) is 3.18. The summed E-state index contributed by atoms with van der Waals surface area (Å²) < 4.78 is 146. The Hall–Kier alpha value is -5.96. The zero-order chi connectivity index (χ0) is 46.6. The van der Waals surface area contributed by atoms with Crippen LogP contribution in [0, 0.1) is 0 Å². The maximum Gasteiger partial charge on any atom is 1.00 e. The summed E-state index contributed by atoms with van der Waals surface area (Å²) in [6, 6.07) is 5.94. The molecule has 7 N–H and O–H groups in total. The smallest absolute Gasteiger partial charge is 0.744 e. The van der Waals surface area contributed by atoms with Crippen LogP contribution in [0.4, 0.5) is 11.4 Å². The molecule has 3 aromatic carbocycles. The first-order chi connectivity index (χ1) is 29.2. The number of phenols is 2. The molecule has 0 amide bonds. The molecule has 0 saturated carbocycles. The molecule has 0 aromatic heterocycles. The number of allylic oxidation sites excluding steroid dienone is 5. The van der Waals surface area contributed by atoms with Crippen LogP contribution in [0.25, 0.3) is 12.2 Å². The number of methoxy groups -OCH3 is 2. The van der Waals surface area contributed by atoms with Crippen molar-refractivity contribution in [3.63, 3.8) is 0 Å². The van der Waals surface area contributed by atoms with Crippen molar-refractivity contribution in [3.8, 4) is 17.2 Å². The zero-order valence-electron chi connectivity index (χ0n) is 32.3. The summed E-state index contributed by atoms with van der Waals surface area (Å²) in [5.74, 6) is -4.83. The van der Waals surface area contributed by atoms with Gasteiger partial charge in [-0.3, -0.25) is 33.9 Å². The van der Waals surface area contributed by atoms with Gasteiger partial charge < -0.3 is 24.2 Å². The Morgan fingerprint density at radius 2 is 1.23 bits per heavy atom. The summed E-state index contributed by atoms with van der Waals surface area (Å²) in [5.41, 5.74) is -2.26. The van der Waals surface area contributed by atoms with Crippen molar-refractivity contribution in [2.45, 2.75) is 9.79 Å². The Kier molecular flexibility index (Phi) is 13.7. The van der Waals surface area contributed by atoms with Crippen molar-refractivity contribution >= 4 is 98.4 Å². The first-order valence-corrected chi connectivity index (χ1v) is 22.3. The van der Waals surface area contributed by atoms with E-state index in [9.17, 15) is 76.9 Å². The fraction of sp³-hybridized carbons (Fsp3) is 0.0588. The van der Waals surface area contributed by atoms with Crippen molar-refractivity contribution in [2.24, 2.45) is 20.4 Å². The molecule has 0 atom stereocenters. The molecule has 0 spiro atoms. The number of hydrogen-bond donors (Lipinski definition) is 7. The fourth-order valence-electron chi connectivity index (χ4n) is 5.83. The van der Waals surface area contributed by atoms with Crippen LogP contribution < -0.4 is 44.9 Å². The van der Waals surface area contributed by atoms with Gasteiger partial charge in [0.25, 0.3) is 30.4 Å². The Morgan fingerprint density at radius 1 is 0.688 bits per heavy atom. The molecule has 0 fully saturated rings. The molecule has 6 rings (SSSR count). The van der Waals surface area contributed by atoms with E-state index in [0.29, 0.717) is 41.6 Å². The van der Waals surface area contributed by atoms with E-state index in [0.717, 1.165) is 0 Å². The molecule has 0 bridgehead atoms. The van der Waals surface area contributed by atoms with E-state index in [1.54, 1.807) is 0 Å². The van der Waals surface area contributed by atoms with Crippen LogP contribution in [0.15, 0.2) is 106 Å². The van der Waals surface area contributed by atoms with Gasteiger partial charge in [0, 0.05) is 18.2 Å². The fourth-order valence-corrected chi connectivity index (χ4v) is 8.20. The summed E-state index contributed by atoms with van der Waals surface area (Å²) >= 11 is 0. The average molecular weight is 973 g/mol. The Bertz CT molecular complexity index is 3300. The molecular weight excluding hydrogens is 948 g/mol. The van der Waals surface area contributed by atoms with Gasteiger partial charge >= 0.3 is 29.6 Å². The summed E-state index contributed by atoms with van der Waals surface area (Å²) in [5, 5.41) is 47.2. The minimum absolute atomic E-state index is 0. The normalized spacial score (nSPS) is 17.9. The third-order valence-electron chi connectivity index (χ3n) is 8.65. The van der Waals surface area contributed by atoms with Crippen LogP contribution >= 0.6 is 0 Å². The first-order valence-electron chi connectivity index (χ1n) is 16.6. The van der Waals surface area contributed by atoms with E-state index in [-0.39, 0.29) is 63.9 Å². The Balaban J connectivity index is 0.00000771. The van der Waals surface area contributed by atoms with Gasteiger partial charge in [0.05, 0.1) is 52.2 Å². The third-order valence-corrected chi connectivity index (χ3v) is 12.0. The quantitative estimate of drug-likeness (QED) is 0.0510. The maximum absolute atomic E-state index is 13.3. The summed E-state index contributed by atoms with van der Waals surface area (Å²) in [6.07, 6.45) is 4.87. The van der Waals surface area contributed by atoms with Crippen LogP contribution in [-0.2, 0) is 45.2 Å². The van der Waals surface area contributed by atoms with Crippen molar-refractivity contribution in [1.29, 1.82) is 0 Å². The van der Waals surface area contributed by atoms with Crippen molar-refractivity contribution in [1.82, 2.24) is 0 Å². The van der Waals surface area contributed by atoms with Gasteiger partial charge in [0.2, 0.25) is 11.6 Å². The largest absolute Gasteiger partial charge is 1.00 e. The number of ketones is 2. The standard InChI is InChI=1S/C34H26N6O19S4.Na/c1-58-25-11-17(3-5-21(25)35-37-31-27(62(52,53)54)9-15-7-19(60(46,47)48)13-23(41)29(15)33(31)43)39-40(45)18-4-6-22(26(12-18)59-2)36-38-32-28(63(55,56)57)10-16-8-20(61(49,50)51)14-24(42)30(16)34(32)44;/h3-14,36,41-42,45H,1-2H3,(H,46,47,48)(H,49,50,51)(H,52,53,54)(H,55,56,57);/q;+1/p-1. The number of hydrazone groups is 2. The molecule has 64 heavy (non-hydrogen) atoms. The summed E-state index contributed by atoms with van der Waals surface area (Å²) in [4.78, 5) is 22.5. The van der Waals surface area contributed by atoms with Crippen LogP contribution in [0.3, 0.4) is 0 Å². The van der Waals surface area contributed by atoms with Crippen LogP contribution in [0.1, 0.15) is 31.8 Å². The molecule has 3 aliphatic carbocycles. The second-order valence-corrected chi connectivity index (χ2v) is 18.2. The Labute approximate surface area is 382 Å². The van der Waals surface area contributed by atoms with Gasteiger partial charge in [-0.15, -0.1) is 20.5 Å². The number of hydrogen-bond acceptors (Lipinski definition) is 22. The van der Waals surface area contributed by atoms with E-state index in [2.05, 4.69) is 25.8 Å². The number of aromatic hydroxyl groups is 2. The van der Waals surface area contributed by atoms with E-state index in [1.807, 2.05) is 0 Å². The molecule has 0 heterocycles. The van der Waals surface area contributed by atoms with E-state index in [1.165, 1.54) is 50.6 Å². The summed E-state index contributed by atoms with van der Waals surface area (Å²) in [6.45, 7) is 0. The molecule has 30 heteroatoms. The predicted octanol–water partition coefficient (Wildman–Crippen LogP) is -1.27. The maximum atomic E-state index is 13.3. The van der Waals surface area contributed by atoms with Gasteiger partial charge in [-0.2, -0.15) is 30.4 Å². The van der Waals surface area contributed by atoms with Crippen molar-refractivity contribution in [2.75, 3.05) is 24.8 Å². The molecule has 3 aromatic rings. The van der Waals surface area contributed by atoms with E-state index < -0.39 is 117 Å². The number of Topliss-reactive ketones (excluding diaryl/α,β-unsaturated/α-hetero) is 2. The molecule has 25 nitrogen and oxygen atoms in total. The van der Waals surface area contributed by atoms with Crippen LogP contribution in [0.2, 0.25) is 0 Å².